The van der Waals surface area contributed by atoms with E-state index in [4.69, 9.17) is 4.74 Å². The van der Waals surface area contributed by atoms with Crippen LogP contribution in [0.15, 0.2) is 4.99 Å². The monoisotopic (exact) mass is 173 g/mol. The van der Waals surface area contributed by atoms with Crippen molar-refractivity contribution in [2.45, 2.75) is 32.8 Å². The van der Waals surface area contributed by atoms with Crippen LogP contribution in [0.2, 0.25) is 0 Å². The highest BCUT2D eigenvalue weighted by atomic mass is 32.1. The lowest BCUT2D eigenvalue weighted by molar-refractivity contribution is 0.0764. The highest BCUT2D eigenvalue weighted by Crippen LogP contribution is 1.94. The summed E-state index contributed by atoms with van der Waals surface area (Å²) >= 11 is 4.42. The number of ether oxygens (including phenoxy) is 1. The summed E-state index contributed by atoms with van der Waals surface area (Å²) in [5.41, 5.74) is 0. The number of aliphatic imine (C=N–C) groups is 1. The summed E-state index contributed by atoms with van der Waals surface area (Å²) in [6, 6.07) is 0. The van der Waals surface area contributed by atoms with Crippen LogP contribution >= 0.6 is 12.2 Å². The molecule has 0 bridgehead atoms. The van der Waals surface area contributed by atoms with Crippen LogP contribution in [0.1, 0.15) is 26.7 Å². The predicted octanol–water partition coefficient (Wildman–Crippen LogP) is 2.29. The van der Waals surface area contributed by atoms with E-state index in [0.717, 1.165) is 26.0 Å². The smallest absolute Gasteiger partial charge is 0.0584 e. The molecule has 0 aliphatic rings. The lowest BCUT2D eigenvalue weighted by Gasteiger charge is -2.05. The van der Waals surface area contributed by atoms with E-state index in [1.165, 1.54) is 0 Å². The third-order valence-corrected chi connectivity index (χ3v) is 1.31. The van der Waals surface area contributed by atoms with Gasteiger partial charge in [0.2, 0.25) is 0 Å². The van der Waals surface area contributed by atoms with E-state index in [-0.39, 0.29) is 0 Å². The van der Waals surface area contributed by atoms with Gasteiger partial charge in [-0.25, -0.2) is 4.99 Å². The SMILES string of the molecule is CC(C)OCCCCN=C=S. The standard InChI is InChI=1S/C8H15NOS/c1-8(2)10-6-4-3-5-9-7-11/h8H,3-6H2,1-2H3. The van der Waals surface area contributed by atoms with Crippen LogP contribution in [-0.2, 0) is 4.74 Å². The molecule has 64 valence electrons. The minimum atomic E-state index is 0.337. The second-order valence-corrected chi connectivity index (χ2v) is 2.78. The molecular weight excluding hydrogens is 158 g/mol. The van der Waals surface area contributed by atoms with Crippen molar-refractivity contribution in [2.24, 2.45) is 4.99 Å². The predicted molar refractivity (Wildman–Crippen MR) is 50.2 cm³/mol. The van der Waals surface area contributed by atoms with Crippen LogP contribution in [0.5, 0.6) is 0 Å². The molecule has 0 aliphatic heterocycles. The minimum Gasteiger partial charge on any atom is -0.379 e. The second kappa shape index (κ2) is 7.86. The van der Waals surface area contributed by atoms with Crippen molar-refractivity contribution in [1.82, 2.24) is 0 Å². The van der Waals surface area contributed by atoms with Crippen LogP contribution in [0, 0.1) is 0 Å². The Morgan fingerprint density at radius 2 is 2.18 bits per heavy atom. The molecular formula is C8H15NOS. The summed E-state index contributed by atoms with van der Waals surface area (Å²) in [6.45, 7) is 5.68. The molecule has 0 saturated heterocycles. The van der Waals surface area contributed by atoms with Crippen molar-refractivity contribution in [2.75, 3.05) is 13.2 Å². The first-order chi connectivity index (χ1) is 5.27. The van der Waals surface area contributed by atoms with Gasteiger partial charge in [0.1, 0.15) is 0 Å². The maximum atomic E-state index is 5.33. The Kier molecular flexibility index (Phi) is 7.69. The third-order valence-electron chi connectivity index (χ3n) is 1.18. The zero-order chi connectivity index (χ0) is 8.53. The average Bonchev–Trinajstić information content (AvgIpc) is 1.96. The van der Waals surface area contributed by atoms with E-state index < -0.39 is 0 Å². The van der Waals surface area contributed by atoms with Crippen molar-refractivity contribution in [3.05, 3.63) is 0 Å². The second-order valence-electron chi connectivity index (χ2n) is 2.60. The first kappa shape index (κ1) is 10.8. The molecule has 0 spiro atoms. The van der Waals surface area contributed by atoms with Crippen molar-refractivity contribution in [3.8, 4) is 0 Å². The van der Waals surface area contributed by atoms with E-state index in [9.17, 15) is 0 Å². The maximum absolute atomic E-state index is 5.33. The molecule has 0 aromatic heterocycles. The number of unbranched alkanes of at least 4 members (excludes halogenated alkanes) is 1. The van der Waals surface area contributed by atoms with E-state index in [2.05, 4.69) is 22.4 Å². The maximum Gasteiger partial charge on any atom is 0.0584 e. The molecule has 0 radical (unpaired) electrons. The largest absolute Gasteiger partial charge is 0.379 e. The van der Waals surface area contributed by atoms with Crippen molar-refractivity contribution in [1.29, 1.82) is 0 Å². The summed E-state index contributed by atoms with van der Waals surface area (Å²) in [7, 11) is 0. The average molecular weight is 173 g/mol. The molecule has 0 amide bonds. The zero-order valence-corrected chi connectivity index (χ0v) is 7.99. The Bertz CT molecular complexity index is 130. The first-order valence-corrected chi connectivity index (χ1v) is 4.33. The van der Waals surface area contributed by atoms with Gasteiger partial charge in [-0.05, 0) is 38.9 Å². The number of hydrogen-bond acceptors (Lipinski definition) is 3. The van der Waals surface area contributed by atoms with Gasteiger partial charge in [-0.2, -0.15) is 0 Å². The van der Waals surface area contributed by atoms with Gasteiger partial charge in [-0.3, -0.25) is 0 Å². The zero-order valence-electron chi connectivity index (χ0n) is 7.17. The molecule has 2 nitrogen and oxygen atoms in total. The minimum absolute atomic E-state index is 0.337. The topological polar surface area (TPSA) is 21.6 Å². The van der Waals surface area contributed by atoms with Crippen molar-refractivity contribution in [3.63, 3.8) is 0 Å². The van der Waals surface area contributed by atoms with Crippen molar-refractivity contribution >= 4 is 17.4 Å². The quantitative estimate of drug-likeness (QED) is 0.349. The summed E-state index contributed by atoms with van der Waals surface area (Å²) in [6.07, 6.45) is 2.43. The van der Waals surface area contributed by atoms with Crippen LogP contribution in [-0.4, -0.2) is 24.4 Å². The summed E-state index contributed by atoms with van der Waals surface area (Å²) in [5, 5.41) is 2.33. The van der Waals surface area contributed by atoms with E-state index in [1.807, 2.05) is 13.8 Å². The van der Waals surface area contributed by atoms with E-state index >= 15 is 0 Å². The van der Waals surface area contributed by atoms with Gasteiger partial charge < -0.3 is 4.74 Å². The number of nitrogens with zero attached hydrogens (tertiary/aromatic N) is 1. The Hall–Kier alpha value is -0.240. The Morgan fingerprint density at radius 3 is 2.73 bits per heavy atom. The third kappa shape index (κ3) is 9.76. The molecule has 0 aliphatic carbocycles. The van der Waals surface area contributed by atoms with Gasteiger partial charge in [0.05, 0.1) is 11.3 Å². The fourth-order valence-electron chi connectivity index (χ4n) is 0.658. The molecule has 0 aromatic rings. The molecule has 0 saturated carbocycles. The lowest BCUT2D eigenvalue weighted by atomic mass is 10.3. The molecule has 0 unspecified atom stereocenters. The molecule has 11 heavy (non-hydrogen) atoms. The first-order valence-electron chi connectivity index (χ1n) is 3.92. The summed E-state index contributed by atoms with van der Waals surface area (Å²) < 4.78 is 5.33. The molecule has 0 fully saturated rings. The number of thiocarbonyl (C=S) groups is 1. The Balaban J connectivity index is 2.96. The molecule has 0 rings (SSSR count). The van der Waals surface area contributed by atoms with Gasteiger partial charge in [0.15, 0.2) is 0 Å². The summed E-state index contributed by atoms with van der Waals surface area (Å²) in [5.74, 6) is 0. The fourth-order valence-corrected chi connectivity index (χ4v) is 0.749. The summed E-state index contributed by atoms with van der Waals surface area (Å²) in [4.78, 5) is 3.80. The van der Waals surface area contributed by atoms with Gasteiger partial charge >= 0.3 is 0 Å². The molecule has 0 atom stereocenters. The van der Waals surface area contributed by atoms with Gasteiger partial charge in [-0.15, -0.1) is 0 Å². The highest BCUT2D eigenvalue weighted by molar-refractivity contribution is 7.78. The van der Waals surface area contributed by atoms with Crippen LogP contribution in [0.4, 0.5) is 0 Å². The van der Waals surface area contributed by atoms with Gasteiger partial charge in [0, 0.05) is 13.2 Å². The van der Waals surface area contributed by atoms with Crippen LogP contribution in [0.25, 0.3) is 0 Å². The van der Waals surface area contributed by atoms with E-state index in [0.29, 0.717) is 6.10 Å². The van der Waals surface area contributed by atoms with Gasteiger partial charge in [0.25, 0.3) is 0 Å². The molecule has 0 N–H and O–H groups in total. The van der Waals surface area contributed by atoms with Crippen molar-refractivity contribution < 1.29 is 4.74 Å². The molecule has 0 aromatic carbocycles. The lowest BCUT2D eigenvalue weighted by Crippen LogP contribution is -2.03. The fraction of sp³-hybridized carbons (Fsp3) is 0.875. The van der Waals surface area contributed by atoms with Crippen LogP contribution < -0.4 is 0 Å². The van der Waals surface area contributed by atoms with Gasteiger partial charge in [-0.1, -0.05) is 0 Å². The molecule has 0 heterocycles. The van der Waals surface area contributed by atoms with E-state index in [1.54, 1.807) is 0 Å². The highest BCUT2D eigenvalue weighted by Gasteiger charge is 1.91. The number of hydrogen-bond donors (Lipinski definition) is 0. The Morgan fingerprint density at radius 1 is 1.45 bits per heavy atom. The van der Waals surface area contributed by atoms with Crippen LogP contribution in [0.3, 0.4) is 0 Å². The number of isothiocyanates is 1. The Labute approximate surface area is 73.7 Å². The molecule has 3 heteroatoms. The normalized spacial score (nSPS) is 9.73. The number of rotatable bonds is 6.